The third kappa shape index (κ3) is 3.94. The van der Waals surface area contributed by atoms with Gasteiger partial charge in [0.1, 0.15) is 5.75 Å². The zero-order valence-electron chi connectivity index (χ0n) is 10.9. The molecule has 0 spiro atoms. The Morgan fingerprint density at radius 1 is 1.21 bits per heavy atom. The molecule has 0 aliphatic carbocycles. The van der Waals surface area contributed by atoms with Crippen LogP contribution < -0.4 is 10.1 Å². The van der Waals surface area contributed by atoms with Crippen LogP contribution in [0.5, 0.6) is 5.75 Å². The van der Waals surface area contributed by atoms with Crippen LogP contribution in [0, 0.1) is 0 Å². The third-order valence-electron chi connectivity index (χ3n) is 2.94. The molecule has 3 nitrogen and oxygen atoms in total. The minimum atomic E-state index is 0.702. The molecule has 4 heteroatoms. The molecule has 1 aromatic carbocycles. The van der Waals surface area contributed by atoms with E-state index in [1.165, 1.54) is 5.56 Å². The number of methoxy groups -OCH3 is 1. The first-order valence-corrected chi connectivity index (χ1v) is 6.60. The van der Waals surface area contributed by atoms with Crippen LogP contribution >= 0.6 is 11.6 Å². The molecule has 2 aromatic rings. The van der Waals surface area contributed by atoms with Crippen molar-refractivity contribution < 1.29 is 4.74 Å². The molecule has 1 heterocycles. The van der Waals surface area contributed by atoms with E-state index in [1.54, 1.807) is 7.11 Å². The molecular weight excluding hydrogens is 260 g/mol. The minimum absolute atomic E-state index is 0.702. The van der Waals surface area contributed by atoms with E-state index >= 15 is 0 Å². The number of hydrogen-bond donors (Lipinski definition) is 1. The number of nitrogens with zero attached hydrogens (tertiary/aromatic N) is 1. The van der Waals surface area contributed by atoms with Gasteiger partial charge in [0.05, 0.1) is 7.11 Å². The van der Waals surface area contributed by atoms with Crippen LogP contribution in [0.1, 0.15) is 11.1 Å². The normalized spacial score (nSPS) is 10.4. The lowest BCUT2D eigenvalue weighted by molar-refractivity contribution is 0.408. The zero-order valence-corrected chi connectivity index (χ0v) is 11.7. The number of halogens is 1. The number of hydrogen-bond acceptors (Lipinski definition) is 3. The quantitative estimate of drug-likeness (QED) is 0.824. The van der Waals surface area contributed by atoms with Gasteiger partial charge in [-0.05, 0) is 42.8 Å². The molecule has 0 radical (unpaired) electrons. The van der Waals surface area contributed by atoms with Crippen LogP contribution in [0.4, 0.5) is 0 Å². The summed E-state index contributed by atoms with van der Waals surface area (Å²) in [6, 6.07) is 9.74. The van der Waals surface area contributed by atoms with E-state index in [0.29, 0.717) is 6.54 Å². The Hall–Kier alpha value is -1.58. The smallest absolute Gasteiger partial charge is 0.124 e. The molecule has 19 heavy (non-hydrogen) atoms. The van der Waals surface area contributed by atoms with Crippen molar-refractivity contribution in [3.63, 3.8) is 0 Å². The van der Waals surface area contributed by atoms with Gasteiger partial charge in [0, 0.05) is 29.5 Å². The third-order valence-corrected chi connectivity index (χ3v) is 3.29. The molecule has 100 valence electrons. The molecule has 1 aromatic heterocycles. The zero-order chi connectivity index (χ0) is 13.5. The van der Waals surface area contributed by atoms with Gasteiger partial charge in [0.15, 0.2) is 0 Å². The van der Waals surface area contributed by atoms with E-state index in [0.717, 1.165) is 29.3 Å². The van der Waals surface area contributed by atoms with Gasteiger partial charge in [-0.2, -0.15) is 0 Å². The molecule has 1 N–H and O–H groups in total. The first-order valence-electron chi connectivity index (χ1n) is 6.22. The highest BCUT2D eigenvalue weighted by atomic mass is 35.5. The van der Waals surface area contributed by atoms with Crippen LogP contribution in [0.25, 0.3) is 0 Å². The Morgan fingerprint density at radius 2 is 2.00 bits per heavy atom. The second-order valence-electron chi connectivity index (χ2n) is 4.20. The summed E-state index contributed by atoms with van der Waals surface area (Å²) in [5, 5.41) is 4.11. The van der Waals surface area contributed by atoms with Crippen LogP contribution in [0.3, 0.4) is 0 Å². The highest BCUT2D eigenvalue weighted by molar-refractivity contribution is 6.31. The first-order chi connectivity index (χ1) is 9.31. The number of pyridine rings is 1. The van der Waals surface area contributed by atoms with Crippen molar-refractivity contribution in [1.82, 2.24) is 10.3 Å². The number of ether oxygens (including phenoxy) is 1. The van der Waals surface area contributed by atoms with Crippen molar-refractivity contribution in [1.29, 1.82) is 0 Å². The van der Waals surface area contributed by atoms with E-state index in [2.05, 4.69) is 10.3 Å². The number of rotatable bonds is 6. The van der Waals surface area contributed by atoms with E-state index in [1.807, 2.05) is 42.7 Å². The van der Waals surface area contributed by atoms with Crippen LogP contribution in [-0.4, -0.2) is 18.6 Å². The van der Waals surface area contributed by atoms with Crippen molar-refractivity contribution in [2.75, 3.05) is 13.7 Å². The molecule has 0 fully saturated rings. The summed E-state index contributed by atoms with van der Waals surface area (Å²) in [7, 11) is 1.66. The molecular formula is C15H17ClN2O. The summed E-state index contributed by atoms with van der Waals surface area (Å²) >= 11 is 6.18. The van der Waals surface area contributed by atoms with E-state index in [4.69, 9.17) is 16.3 Å². The molecule has 0 saturated carbocycles. The molecule has 2 rings (SSSR count). The van der Waals surface area contributed by atoms with Gasteiger partial charge in [0.2, 0.25) is 0 Å². The van der Waals surface area contributed by atoms with E-state index in [9.17, 15) is 0 Å². The number of benzene rings is 1. The molecule has 0 atom stereocenters. The second kappa shape index (κ2) is 7.12. The van der Waals surface area contributed by atoms with Crippen LogP contribution in [0.2, 0.25) is 5.02 Å². The predicted molar refractivity (Wildman–Crippen MR) is 77.7 cm³/mol. The lowest BCUT2D eigenvalue weighted by Crippen LogP contribution is -2.17. The van der Waals surface area contributed by atoms with Crippen LogP contribution in [-0.2, 0) is 13.0 Å². The van der Waals surface area contributed by atoms with Gasteiger partial charge >= 0.3 is 0 Å². The average molecular weight is 277 g/mol. The van der Waals surface area contributed by atoms with Crippen molar-refractivity contribution in [3.8, 4) is 5.75 Å². The highest BCUT2D eigenvalue weighted by Gasteiger charge is 2.06. The highest BCUT2D eigenvalue weighted by Crippen LogP contribution is 2.25. The van der Waals surface area contributed by atoms with Gasteiger partial charge in [0.25, 0.3) is 0 Å². The maximum Gasteiger partial charge on any atom is 0.124 e. The summed E-state index contributed by atoms with van der Waals surface area (Å²) in [4.78, 5) is 4.00. The van der Waals surface area contributed by atoms with Crippen molar-refractivity contribution in [3.05, 3.63) is 58.9 Å². The molecule has 0 aliphatic heterocycles. The fraction of sp³-hybridized carbons (Fsp3) is 0.267. The standard InChI is InChI=1S/C15H17ClN2O/c1-19-15-4-2-3-14(16)13(15)11-18-10-7-12-5-8-17-9-6-12/h2-6,8-9,18H,7,10-11H2,1H3. The monoisotopic (exact) mass is 276 g/mol. The number of aromatic nitrogens is 1. The second-order valence-corrected chi connectivity index (χ2v) is 4.61. The Balaban J connectivity index is 1.86. The van der Waals surface area contributed by atoms with Gasteiger partial charge in [-0.3, -0.25) is 4.98 Å². The summed E-state index contributed by atoms with van der Waals surface area (Å²) in [5.74, 6) is 0.823. The average Bonchev–Trinajstić information content (AvgIpc) is 2.46. The molecule has 0 amide bonds. The summed E-state index contributed by atoms with van der Waals surface area (Å²) in [6.45, 7) is 1.59. The molecule has 0 saturated heterocycles. The molecule has 0 unspecified atom stereocenters. The topological polar surface area (TPSA) is 34.1 Å². The Bertz CT molecular complexity index is 517. The predicted octanol–water partition coefficient (Wildman–Crippen LogP) is 3.08. The van der Waals surface area contributed by atoms with E-state index in [-0.39, 0.29) is 0 Å². The van der Waals surface area contributed by atoms with Crippen molar-refractivity contribution >= 4 is 11.6 Å². The Kier molecular flexibility index (Phi) is 5.19. The molecule has 0 aliphatic rings. The van der Waals surface area contributed by atoms with Crippen molar-refractivity contribution in [2.45, 2.75) is 13.0 Å². The lowest BCUT2D eigenvalue weighted by atomic mass is 10.1. The maximum atomic E-state index is 6.18. The van der Waals surface area contributed by atoms with Gasteiger partial charge < -0.3 is 10.1 Å². The van der Waals surface area contributed by atoms with Crippen molar-refractivity contribution in [2.24, 2.45) is 0 Å². The summed E-state index contributed by atoms with van der Waals surface area (Å²) in [5.41, 5.74) is 2.27. The van der Waals surface area contributed by atoms with Gasteiger partial charge in [-0.1, -0.05) is 17.7 Å². The summed E-state index contributed by atoms with van der Waals surface area (Å²) < 4.78 is 5.31. The Morgan fingerprint density at radius 3 is 2.74 bits per heavy atom. The molecule has 0 bridgehead atoms. The van der Waals surface area contributed by atoms with Gasteiger partial charge in [-0.25, -0.2) is 0 Å². The van der Waals surface area contributed by atoms with Gasteiger partial charge in [-0.15, -0.1) is 0 Å². The fourth-order valence-electron chi connectivity index (χ4n) is 1.90. The first kappa shape index (κ1) is 13.8. The Labute approximate surface area is 118 Å². The fourth-order valence-corrected chi connectivity index (χ4v) is 2.13. The SMILES string of the molecule is COc1cccc(Cl)c1CNCCc1ccncc1. The number of nitrogens with one attached hydrogen (secondary N) is 1. The summed E-state index contributed by atoms with van der Waals surface area (Å²) in [6.07, 6.45) is 4.59. The minimum Gasteiger partial charge on any atom is -0.496 e. The lowest BCUT2D eigenvalue weighted by Gasteiger charge is -2.11. The largest absolute Gasteiger partial charge is 0.496 e. The maximum absolute atomic E-state index is 6.18. The van der Waals surface area contributed by atoms with E-state index < -0.39 is 0 Å². The van der Waals surface area contributed by atoms with Crippen LogP contribution in [0.15, 0.2) is 42.7 Å².